The smallest absolute Gasteiger partial charge is 0.381 e. The van der Waals surface area contributed by atoms with Crippen LogP contribution in [0.3, 0.4) is 0 Å². The molecule has 1 aliphatic heterocycles. The molecule has 0 unspecified atom stereocenters. The van der Waals surface area contributed by atoms with E-state index in [1.54, 1.807) is 0 Å². The summed E-state index contributed by atoms with van der Waals surface area (Å²) in [5.74, 6) is -1.38. The minimum Gasteiger partial charge on any atom is -0.381 e. The van der Waals surface area contributed by atoms with E-state index >= 15 is 0 Å². The predicted octanol–water partition coefficient (Wildman–Crippen LogP) is 2.54. The second kappa shape index (κ2) is 8.85. The fraction of sp³-hybridized carbons (Fsp3) is 0.391. The van der Waals surface area contributed by atoms with Crippen LogP contribution in [0, 0.1) is 0 Å². The second-order valence-corrected chi connectivity index (χ2v) is 11.2. The third-order valence-corrected chi connectivity index (χ3v) is 7.01. The van der Waals surface area contributed by atoms with Crippen LogP contribution in [0.25, 0.3) is 16.9 Å². The van der Waals surface area contributed by atoms with Gasteiger partial charge in [0.2, 0.25) is 10.0 Å². The monoisotopic (exact) mass is 551 g/mol. The zero-order chi connectivity index (χ0) is 27.6. The molecular formula is C23H24F3N7O4S. The average Bonchev–Trinajstić information content (AvgIpc) is 3.46. The number of rotatable bonds is 7. The summed E-state index contributed by atoms with van der Waals surface area (Å²) in [5.41, 5.74) is 6.68. The van der Waals surface area contributed by atoms with Crippen LogP contribution in [0.1, 0.15) is 52.5 Å². The molecule has 1 fully saturated rings. The highest BCUT2D eigenvalue weighted by atomic mass is 32.2. The molecule has 4 N–H and O–H groups in total. The van der Waals surface area contributed by atoms with E-state index in [2.05, 4.69) is 20.1 Å². The highest BCUT2D eigenvalue weighted by Gasteiger charge is 2.47. The number of sulfonamides is 1. The Balaban J connectivity index is 1.61. The molecule has 38 heavy (non-hydrogen) atoms. The molecule has 1 atom stereocenters. The van der Waals surface area contributed by atoms with Gasteiger partial charge in [0.1, 0.15) is 11.6 Å². The number of nitrogens with zero attached hydrogens (tertiary/aromatic N) is 4. The molecule has 0 spiro atoms. The molecule has 3 heterocycles. The van der Waals surface area contributed by atoms with E-state index in [0.717, 1.165) is 19.1 Å². The van der Waals surface area contributed by atoms with Gasteiger partial charge in [-0.05, 0) is 43.0 Å². The molecule has 0 saturated heterocycles. The van der Waals surface area contributed by atoms with Crippen LogP contribution in [0.2, 0.25) is 0 Å². The van der Waals surface area contributed by atoms with Gasteiger partial charge in [0, 0.05) is 24.3 Å². The van der Waals surface area contributed by atoms with Crippen molar-refractivity contribution < 1.29 is 31.2 Å². The highest BCUT2D eigenvalue weighted by Crippen LogP contribution is 2.39. The standard InChI is InChI=1S/C23H24F3N7O4S/c1-3-16(23(24,25)26)32-10-12-8-11(9-15(17(12)22(32)35)31-38(2,36)37)14-6-7-33-20(29-14)18(19(27)30-33)21(34)28-13-4-5-13/h6-9,13,16,31H,3-5,10H2,1-2H3,(H2,27,30)(H,28,34)/t16-/m0/s1. The minimum absolute atomic E-state index is 0.0276. The number of hydrogen-bond acceptors (Lipinski definition) is 7. The maximum atomic E-state index is 13.7. The molecular weight excluding hydrogens is 527 g/mol. The zero-order valence-electron chi connectivity index (χ0n) is 20.3. The average molecular weight is 552 g/mol. The van der Waals surface area contributed by atoms with Gasteiger partial charge in [0.15, 0.2) is 11.5 Å². The summed E-state index contributed by atoms with van der Waals surface area (Å²) in [4.78, 5) is 31.0. The van der Waals surface area contributed by atoms with E-state index in [4.69, 9.17) is 5.73 Å². The van der Waals surface area contributed by atoms with Gasteiger partial charge in [-0.3, -0.25) is 14.3 Å². The lowest BCUT2D eigenvalue weighted by molar-refractivity contribution is -0.177. The topological polar surface area (TPSA) is 152 Å². The lowest BCUT2D eigenvalue weighted by Gasteiger charge is -2.28. The Labute approximate surface area is 215 Å². The van der Waals surface area contributed by atoms with E-state index in [-0.39, 0.29) is 58.5 Å². The summed E-state index contributed by atoms with van der Waals surface area (Å²) in [6, 6.07) is 2.39. The van der Waals surface area contributed by atoms with E-state index in [1.165, 1.54) is 35.8 Å². The Hall–Kier alpha value is -3.88. The van der Waals surface area contributed by atoms with Crippen LogP contribution in [0.4, 0.5) is 24.7 Å². The number of benzene rings is 1. The molecule has 11 nitrogen and oxygen atoms in total. The first-order valence-electron chi connectivity index (χ1n) is 11.7. The number of carbonyl (C=O) groups excluding carboxylic acids is 2. The molecule has 5 rings (SSSR count). The number of alkyl halides is 3. The van der Waals surface area contributed by atoms with E-state index in [0.29, 0.717) is 10.5 Å². The van der Waals surface area contributed by atoms with Gasteiger partial charge in [-0.2, -0.15) is 13.2 Å². The summed E-state index contributed by atoms with van der Waals surface area (Å²) in [7, 11) is -3.89. The third kappa shape index (κ3) is 4.73. The number of aromatic nitrogens is 3. The molecule has 15 heteroatoms. The number of carbonyl (C=O) groups is 2. The fourth-order valence-corrected chi connectivity index (χ4v) is 5.16. The number of nitrogens with two attached hydrogens (primary N) is 1. The largest absolute Gasteiger partial charge is 0.408 e. The number of hydrogen-bond donors (Lipinski definition) is 3. The first-order valence-corrected chi connectivity index (χ1v) is 13.6. The molecule has 2 aliphatic rings. The number of amides is 2. The van der Waals surface area contributed by atoms with Crippen molar-refractivity contribution in [2.45, 2.75) is 51.0 Å². The normalized spacial score (nSPS) is 16.6. The Bertz CT molecular complexity index is 1580. The number of anilines is 2. The zero-order valence-corrected chi connectivity index (χ0v) is 21.2. The molecule has 2 aromatic heterocycles. The van der Waals surface area contributed by atoms with Gasteiger partial charge < -0.3 is 16.0 Å². The molecule has 1 aromatic carbocycles. The summed E-state index contributed by atoms with van der Waals surface area (Å²) >= 11 is 0. The third-order valence-electron chi connectivity index (χ3n) is 6.42. The van der Waals surface area contributed by atoms with Crippen molar-refractivity contribution in [3.8, 4) is 11.3 Å². The van der Waals surface area contributed by atoms with Crippen molar-refractivity contribution in [1.29, 1.82) is 0 Å². The maximum absolute atomic E-state index is 13.7. The van der Waals surface area contributed by atoms with E-state index < -0.39 is 34.1 Å². The molecule has 0 radical (unpaired) electrons. The van der Waals surface area contributed by atoms with Crippen molar-refractivity contribution in [1.82, 2.24) is 24.8 Å². The summed E-state index contributed by atoms with van der Waals surface area (Å²) in [6.45, 7) is 0.957. The number of fused-ring (bicyclic) bond motifs is 2. The molecule has 1 aliphatic carbocycles. The van der Waals surface area contributed by atoms with Gasteiger partial charge in [0.25, 0.3) is 11.8 Å². The first kappa shape index (κ1) is 25.8. The summed E-state index contributed by atoms with van der Waals surface area (Å²) in [6.07, 6.45) is -0.927. The summed E-state index contributed by atoms with van der Waals surface area (Å²) < 4.78 is 68.7. The van der Waals surface area contributed by atoms with Crippen LogP contribution in [-0.2, 0) is 16.6 Å². The van der Waals surface area contributed by atoms with Crippen LogP contribution < -0.4 is 15.8 Å². The number of nitrogen functional groups attached to an aromatic ring is 1. The Morgan fingerprint density at radius 3 is 2.61 bits per heavy atom. The maximum Gasteiger partial charge on any atom is 0.408 e. The van der Waals surface area contributed by atoms with Crippen molar-refractivity contribution in [3.05, 3.63) is 41.1 Å². The molecule has 2 amide bonds. The Morgan fingerprint density at radius 1 is 1.29 bits per heavy atom. The second-order valence-electron chi connectivity index (χ2n) is 9.42. The lowest BCUT2D eigenvalue weighted by atomic mass is 10.0. The number of nitrogens with one attached hydrogen (secondary N) is 2. The van der Waals surface area contributed by atoms with Crippen LogP contribution >= 0.6 is 0 Å². The van der Waals surface area contributed by atoms with E-state index in [1.807, 2.05) is 0 Å². The molecule has 202 valence electrons. The SMILES string of the molecule is CC[C@H](N1Cc2cc(-c3ccn4nc(N)c(C(=O)NC5CC5)c4n3)cc(NS(C)(=O)=O)c2C1=O)C(F)(F)F. The minimum atomic E-state index is -4.66. The van der Waals surface area contributed by atoms with Crippen molar-refractivity contribution >= 4 is 39.0 Å². The predicted molar refractivity (Wildman–Crippen MR) is 132 cm³/mol. The van der Waals surface area contributed by atoms with Crippen molar-refractivity contribution in [3.63, 3.8) is 0 Å². The quantitative estimate of drug-likeness (QED) is 0.408. The first-order chi connectivity index (χ1) is 17.8. The molecule has 0 bridgehead atoms. The van der Waals surface area contributed by atoms with Crippen LogP contribution in [0.5, 0.6) is 0 Å². The fourth-order valence-electron chi connectivity index (χ4n) is 4.60. The molecule has 3 aromatic rings. The van der Waals surface area contributed by atoms with Crippen molar-refractivity contribution in [2.75, 3.05) is 16.7 Å². The van der Waals surface area contributed by atoms with Gasteiger partial charge in [-0.1, -0.05) is 6.92 Å². The van der Waals surface area contributed by atoms with Crippen LogP contribution in [0.15, 0.2) is 24.4 Å². The van der Waals surface area contributed by atoms with Gasteiger partial charge in [-0.15, -0.1) is 5.10 Å². The van der Waals surface area contributed by atoms with Gasteiger partial charge >= 0.3 is 6.18 Å². The number of halogens is 3. The van der Waals surface area contributed by atoms with Crippen molar-refractivity contribution in [2.24, 2.45) is 0 Å². The lowest BCUT2D eigenvalue weighted by Crippen LogP contribution is -2.45. The Morgan fingerprint density at radius 2 is 2.00 bits per heavy atom. The summed E-state index contributed by atoms with van der Waals surface area (Å²) in [5, 5.41) is 6.95. The Kier molecular flexibility index (Phi) is 6.00. The van der Waals surface area contributed by atoms with Crippen LogP contribution in [-0.4, -0.2) is 64.2 Å². The van der Waals surface area contributed by atoms with E-state index in [9.17, 15) is 31.2 Å². The highest BCUT2D eigenvalue weighted by molar-refractivity contribution is 7.92. The van der Waals surface area contributed by atoms with Gasteiger partial charge in [0.05, 0.1) is 23.2 Å². The van der Waals surface area contributed by atoms with Gasteiger partial charge in [-0.25, -0.2) is 17.9 Å². The molecule has 1 saturated carbocycles.